The highest BCUT2D eigenvalue weighted by atomic mass is 35.5. The summed E-state index contributed by atoms with van der Waals surface area (Å²) in [7, 11) is 0. The maximum Gasteiger partial charge on any atom is 0.410 e. The molecule has 0 aromatic carbocycles. The molecule has 1 aliphatic heterocycles. The molecule has 1 amide bonds. The zero-order valence-electron chi connectivity index (χ0n) is 12.9. The molecule has 0 aliphatic carbocycles. The number of piperazine rings is 1. The van der Waals surface area contributed by atoms with Crippen molar-refractivity contribution in [1.82, 2.24) is 14.8 Å². The van der Waals surface area contributed by atoms with Crippen LogP contribution in [0.15, 0.2) is 6.20 Å². The molecule has 1 aromatic rings. The van der Waals surface area contributed by atoms with Crippen LogP contribution >= 0.6 is 22.9 Å². The van der Waals surface area contributed by atoms with Crippen LogP contribution < -0.4 is 0 Å². The molecular formula is C14H22ClN3O2S. The van der Waals surface area contributed by atoms with Crippen molar-refractivity contribution in [2.24, 2.45) is 0 Å². The lowest BCUT2D eigenvalue weighted by molar-refractivity contribution is 0.00474. The van der Waals surface area contributed by atoms with Crippen LogP contribution in [0.3, 0.4) is 0 Å². The summed E-state index contributed by atoms with van der Waals surface area (Å²) < 4.78 is 6.00. The molecule has 0 N–H and O–H groups in total. The van der Waals surface area contributed by atoms with Gasteiger partial charge in [0, 0.05) is 43.3 Å². The van der Waals surface area contributed by atoms with E-state index in [9.17, 15) is 4.79 Å². The van der Waals surface area contributed by atoms with Crippen LogP contribution in [0.1, 0.15) is 32.6 Å². The fourth-order valence-electron chi connectivity index (χ4n) is 2.28. The van der Waals surface area contributed by atoms with Crippen molar-refractivity contribution in [1.29, 1.82) is 0 Å². The van der Waals surface area contributed by atoms with Crippen molar-refractivity contribution in [2.45, 2.75) is 45.9 Å². The van der Waals surface area contributed by atoms with Crippen LogP contribution in [0, 0.1) is 0 Å². The maximum absolute atomic E-state index is 12.1. The standard InChI is InChI=1S/C14H22ClN3O2S/c1-10-8-18(13(19)20-14(2,3)4)6-5-17(10)9-11-7-16-12(15)21-11/h7,10H,5-6,8-9H2,1-4H3/t10-/m0/s1. The number of thiazole rings is 1. The molecule has 0 unspecified atom stereocenters. The average Bonchev–Trinajstić information content (AvgIpc) is 2.75. The molecule has 1 aromatic heterocycles. The number of amides is 1. The Labute approximate surface area is 134 Å². The van der Waals surface area contributed by atoms with Gasteiger partial charge in [0.1, 0.15) is 5.60 Å². The van der Waals surface area contributed by atoms with E-state index in [2.05, 4.69) is 16.8 Å². The summed E-state index contributed by atoms with van der Waals surface area (Å²) in [5.74, 6) is 0. The van der Waals surface area contributed by atoms with Crippen LogP contribution in [-0.4, -0.2) is 52.2 Å². The Bertz CT molecular complexity index is 501. The molecule has 1 atom stereocenters. The normalized spacial score (nSPS) is 20.6. The first-order valence-electron chi connectivity index (χ1n) is 7.07. The fraction of sp³-hybridized carbons (Fsp3) is 0.714. The summed E-state index contributed by atoms with van der Waals surface area (Å²) in [5.41, 5.74) is -0.448. The zero-order chi connectivity index (χ0) is 15.6. The summed E-state index contributed by atoms with van der Waals surface area (Å²) in [6.07, 6.45) is 1.59. The summed E-state index contributed by atoms with van der Waals surface area (Å²) >= 11 is 7.37. The number of hydrogen-bond donors (Lipinski definition) is 0. The highest BCUT2D eigenvalue weighted by Crippen LogP contribution is 2.22. The van der Waals surface area contributed by atoms with Gasteiger partial charge in [0.2, 0.25) is 0 Å². The van der Waals surface area contributed by atoms with Crippen LogP contribution in [0.25, 0.3) is 0 Å². The largest absolute Gasteiger partial charge is 0.444 e. The van der Waals surface area contributed by atoms with Crippen LogP contribution in [0.2, 0.25) is 4.47 Å². The van der Waals surface area contributed by atoms with E-state index < -0.39 is 5.60 Å². The maximum atomic E-state index is 12.1. The summed E-state index contributed by atoms with van der Waals surface area (Å²) in [5, 5.41) is 0. The van der Waals surface area contributed by atoms with Crippen LogP contribution in [-0.2, 0) is 11.3 Å². The Morgan fingerprint density at radius 1 is 1.52 bits per heavy atom. The van der Waals surface area contributed by atoms with E-state index in [0.29, 0.717) is 17.6 Å². The molecule has 1 fully saturated rings. The van der Waals surface area contributed by atoms with Gasteiger partial charge in [-0.2, -0.15) is 0 Å². The first kappa shape index (κ1) is 16.5. The molecule has 0 saturated carbocycles. The minimum atomic E-state index is -0.448. The van der Waals surface area contributed by atoms with Gasteiger partial charge in [0.25, 0.3) is 0 Å². The van der Waals surface area contributed by atoms with Crippen LogP contribution in [0.5, 0.6) is 0 Å². The van der Waals surface area contributed by atoms with Crippen molar-refractivity contribution in [3.63, 3.8) is 0 Å². The van der Waals surface area contributed by atoms with E-state index in [4.69, 9.17) is 16.3 Å². The molecule has 2 rings (SSSR count). The summed E-state index contributed by atoms with van der Waals surface area (Å²) in [6.45, 7) is 10.8. The van der Waals surface area contributed by atoms with Gasteiger partial charge < -0.3 is 9.64 Å². The first-order chi connectivity index (χ1) is 9.74. The zero-order valence-corrected chi connectivity index (χ0v) is 14.5. The molecule has 0 radical (unpaired) electrons. The van der Waals surface area contributed by atoms with E-state index in [0.717, 1.165) is 18.0 Å². The van der Waals surface area contributed by atoms with Crippen molar-refractivity contribution in [3.05, 3.63) is 15.5 Å². The third kappa shape index (κ3) is 4.83. The lowest BCUT2D eigenvalue weighted by atomic mass is 10.2. The Balaban J connectivity index is 1.88. The molecule has 1 saturated heterocycles. The van der Waals surface area contributed by atoms with Crippen molar-refractivity contribution >= 4 is 29.0 Å². The van der Waals surface area contributed by atoms with Gasteiger partial charge in [-0.3, -0.25) is 4.90 Å². The third-order valence-electron chi connectivity index (χ3n) is 3.30. The smallest absolute Gasteiger partial charge is 0.410 e. The van der Waals surface area contributed by atoms with Crippen molar-refractivity contribution < 1.29 is 9.53 Å². The second kappa shape index (κ2) is 6.50. The number of carbonyl (C=O) groups excluding carboxylic acids is 1. The number of nitrogens with zero attached hydrogens (tertiary/aromatic N) is 3. The minimum absolute atomic E-state index is 0.227. The van der Waals surface area contributed by atoms with Crippen molar-refractivity contribution in [3.8, 4) is 0 Å². The minimum Gasteiger partial charge on any atom is -0.444 e. The highest BCUT2D eigenvalue weighted by molar-refractivity contribution is 7.15. The molecule has 21 heavy (non-hydrogen) atoms. The van der Waals surface area contributed by atoms with E-state index in [1.807, 2.05) is 27.0 Å². The number of rotatable bonds is 2. The fourth-order valence-corrected chi connectivity index (χ4v) is 3.28. The van der Waals surface area contributed by atoms with Gasteiger partial charge in [-0.15, -0.1) is 11.3 Å². The van der Waals surface area contributed by atoms with Crippen molar-refractivity contribution in [2.75, 3.05) is 19.6 Å². The predicted octanol–water partition coefficient (Wildman–Crippen LogP) is 3.24. The number of carbonyl (C=O) groups is 1. The van der Waals surface area contributed by atoms with Crippen LogP contribution in [0.4, 0.5) is 4.79 Å². The Morgan fingerprint density at radius 2 is 2.24 bits per heavy atom. The monoisotopic (exact) mass is 331 g/mol. The SMILES string of the molecule is C[C@H]1CN(C(=O)OC(C)(C)C)CCN1Cc1cnc(Cl)s1. The molecular weight excluding hydrogens is 310 g/mol. The molecule has 5 nitrogen and oxygen atoms in total. The molecule has 118 valence electrons. The topological polar surface area (TPSA) is 45.7 Å². The number of halogens is 1. The summed E-state index contributed by atoms with van der Waals surface area (Å²) in [4.78, 5) is 21.4. The number of ether oxygens (including phenoxy) is 1. The lowest BCUT2D eigenvalue weighted by Gasteiger charge is -2.39. The first-order valence-corrected chi connectivity index (χ1v) is 8.26. The van der Waals surface area contributed by atoms with Gasteiger partial charge in [-0.1, -0.05) is 11.6 Å². The van der Waals surface area contributed by atoms with Gasteiger partial charge in [-0.05, 0) is 27.7 Å². The highest BCUT2D eigenvalue weighted by Gasteiger charge is 2.29. The molecule has 2 heterocycles. The van der Waals surface area contributed by atoms with Gasteiger partial charge in [0.15, 0.2) is 4.47 Å². The van der Waals surface area contributed by atoms with Gasteiger partial charge >= 0.3 is 6.09 Å². The van der Waals surface area contributed by atoms with E-state index >= 15 is 0 Å². The number of aromatic nitrogens is 1. The second-order valence-corrected chi connectivity index (χ2v) is 8.02. The summed E-state index contributed by atoms with van der Waals surface area (Å²) in [6, 6.07) is 0.284. The second-order valence-electron chi connectivity index (χ2n) is 6.33. The van der Waals surface area contributed by atoms with Gasteiger partial charge in [-0.25, -0.2) is 9.78 Å². The van der Waals surface area contributed by atoms with Gasteiger partial charge in [0.05, 0.1) is 0 Å². The van der Waals surface area contributed by atoms with E-state index in [-0.39, 0.29) is 12.1 Å². The molecule has 1 aliphatic rings. The quantitative estimate of drug-likeness (QED) is 0.834. The Hall–Kier alpha value is -0.850. The third-order valence-corrected chi connectivity index (χ3v) is 4.40. The Morgan fingerprint density at radius 3 is 2.76 bits per heavy atom. The molecule has 7 heteroatoms. The number of hydrogen-bond acceptors (Lipinski definition) is 5. The lowest BCUT2D eigenvalue weighted by Crippen LogP contribution is -2.53. The molecule has 0 bridgehead atoms. The Kier molecular flexibility index (Phi) is 5.11. The average molecular weight is 332 g/mol. The van der Waals surface area contributed by atoms with E-state index in [1.54, 1.807) is 4.90 Å². The predicted molar refractivity (Wildman–Crippen MR) is 84.8 cm³/mol. The van der Waals surface area contributed by atoms with E-state index in [1.165, 1.54) is 11.3 Å². The molecule has 0 spiro atoms.